The minimum Gasteiger partial charge on any atom is -0.482 e. The maximum atomic E-state index is 12.3. The topological polar surface area (TPSA) is 67.9 Å². The number of rotatable bonds is 4. The van der Waals surface area contributed by atoms with Crippen LogP contribution in [0.4, 0.5) is 10.5 Å². The van der Waals surface area contributed by atoms with Crippen LogP contribution in [0.15, 0.2) is 48.5 Å². The molecule has 6 heteroatoms. The molecule has 6 nitrogen and oxygen atoms in total. The third kappa shape index (κ3) is 5.00. The molecule has 0 radical (unpaired) electrons. The van der Waals surface area contributed by atoms with E-state index in [9.17, 15) is 9.59 Å². The van der Waals surface area contributed by atoms with E-state index in [2.05, 4.69) is 5.32 Å². The number of hydrogen-bond acceptors (Lipinski definition) is 4. The lowest BCUT2D eigenvalue weighted by molar-refractivity contribution is -0.121. The van der Waals surface area contributed by atoms with E-state index in [4.69, 9.17) is 9.47 Å². The van der Waals surface area contributed by atoms with Crippen molar-refractivity contribution in [1.82, 2.24) is 5.32 Å². The first kappa shape index (κ1) is 18.8. The van der Waals surface area contributed by atoms with Gasteiger partial charge in [-0.25, -0.2) is 4.79 Å². The van der Waals surface area contributed by atoms with Gasteiger partial charge in [-0.05, 0) is 44.0 Å². The SMILES string of the molecule is CC(C)(C)OC(=O)NCc1ccc2c(c1)OCC(=O)N2Cc1ccccc1. The van der Waals surface area contributed by atoms with E-state index in [0.717, 1.165) is 16.8 Å². The first-order valence-corrected chi connectivity index (χ1v) is 8.89. The van der Waals surface area contributed by atoms with E-state index in [1.54, 1.807) is 4.90 Å². The van der Waals surface area contributed by atoms with Gasteiger partial charge in [-0.15, -0.1) is 0 Å². The molecule has 142 valence electrons. The predicted octanol–water partition coefficient (Wildman–Crippen LogP) is 3.64. The van der Waals surface area contributed by atoms with Gasteiger partial charge in [0, 0.05) is 6.54 Å². The fourth-order valence-electron chi connectivity index (χ4n) is 2.79. The Labute approximate surface area is 159 Å². The molecule has 0 atom stereocenters. The van der Waals surface area contributed by atoms with Crippen molar-refractivity contribution in [3.05, 3.63) is 59.7 Å². The van der Waals surface area contributed by atoms with Gasteiger partial charge >= 0.3 is 6.09 Å². The standard InChI is InChI=1S/C21H24N2O4/c1-21(2,3)27-20(25)22-12-16-9-10-17-18(11-16)26-14-19(24)23(17)13-15-7-5-4-6-8-15/h4-11H,12-14H2,1-3H3,(H,22,25). The predicted molar refractivity (Wildman–Crippen MR) is 103 cm³/mol. The second kappa shape index (κ2) is 7.70. The Morgan fingerprint density at radius 2 is 1.89 bits per heavy atom. The molecule has 1 aliphatic rings. The van der Waals surface area contributed by atoms with Crippen LogP contribution in [0.3, 0.4) is 0 Å². The van der Waals surface area contributed by atoms with Gasteiger partial charge in [0.2, 0.25) is 0 Å². The van der Waals surface area contributed by atoms with Gasteiger partial charge in [-0.3, -0.25) is 4.79 Å². The maximum Gasteiger partial charge on any atom is 0.407 e. The number of benzene rings is 2. The molecule has 0 aromatic heterocycles. The van der Waals surface area contributed by atoms with Crippen molar-refractivity contribution < 1.29 is 19.1 Å². The molecule has 0 fully saturated rings. The zero-order valence-corrected chi connectivity index (χ0v) is 15.8. The van der Waals surface area contributed by atoms with Gasteiger partial charge in [0.05, 0.1) is 12.2 Å². The van der Waals surface area contributed by atoms with Crippen molar-refractivity contribution >= 4 is 17.7 Å². The van der Waals surface area contributed by atoms with Gasteiger partial charge in [-0.2, -0.15) is 0 Å². The number of anilines is 1. The fraction of sp³-hybridized carbons (Fsp3) is 0.333. The van der Waals surface area contributed by atoms with Crippen LogP contribution in [-0.2, 0) is 22.6 Å². The molecule has 1 N–H and O–H groups in total. The third-order valence-electron chi connectivity index (χ3n) is 3.99. The highest BCUT2D eigenvalue weighted by Crippen LogP contribution is 2.34. The summed E-state index contributed by atoms with van der Waals surface area (Å²) in [5, 5.41) is 2.72. The van der Waals surface area contributed by atoms with Crippen LogP contribution in [0.1, 0.15) is 31.9 Å². The Balaban J connectivity index is 1.71. The van der Waals surface area contributed by atoms with Gasteiger partial charge in [0.25, 0.3) is 5.91 Å². The first-order valence-electron chi connectivity index (χ1n) is 8.89. The molecule has 0 saturated heterocycles. The number of ether oxygens (including phenoxy) is 2. The molecule has 3 rings (SSSR count). The summed E-state index contributed by atoms with van der Waals surface area (Å²) >= 11 is 0. The molecular formula is C21H24N2O4. The van der Waals surface area contributed by atoms with E-state index in [-0.39, 0.29) is 12.5 Å². The number of alkyl carbamates (subject to hydrolysis) is 1. The molecule has 0 aliphatic carbocycles. The number of carbonyl (C=O) groups is 2. The maximum absolute atomic E-state index is 12.3. The Bertz CT molecular complexity index is 828. The minimum absolute atomic E-state index is 0.00276. The molecule has 1 aliphatic heterocycles. The van der Waals surface area contributed by atoms with E-state index in [1.807, 2.05) is 69.3 Å². The summed E-state index contributed by atoms with van der Waals surface area (Å²) < 4.78 is 10.8. The van der Waals surface area contributed by atoms with Crippen molar-refractivity contribution in [1.29, 1.82) is 0 Å². The second-order valence-electron chi connectivity index (χ2n) is 7.41. The van der Waals surface area contributed by atoms with Crippen LogP contribution in [0, 0.1) is 0 Å². The van der Waals surface area contributed by atoms with Crippen LogP contribution in [0.5, 0.6) is 5.75 Å². The summed E-state index contributed by atoms with van der Waals surface area (Å²) in [6, 6.07) is 15.4. The average molecular weight is 368 g/mol. The lowest BCUT2D eigenvalue weighted by Gasteiger charge is -2.30. The molecule has 27 heavy (non-hydrogen) atoms. The summed E-state index contributed by atoms with van der Waals surface area (Å²) in [5.74, 6) is 0.556. The summed E-state index contributed by atoms with van der Waals surface area (Å²) in [7, 11) is 0. The smallest absolute Gasteiger partial charge is 0.407 e. The van der Waals surface area contributed by atoms with Crippen molar-refractivity contribution in [2.24, 2.45) is 0 Å². The number of nitrogens with zero attached hydrogens (tertiary/aromatic N) is 1. The summed E-state index contributed by atoms with van der Waals surface area (Å²) in [6.07, 6.45) is -0.470. The van der Waals surface area contributed by atoms with Crippen molar-refractivity contribution in [2.45, 2.75) is 39.5 Å². The molecule has 2 aromatic rings. The van der Waals surface area contributed by atoms with Crippen LogP contribution < -0.4 is 15.0 Å². The molecule has 0 bridgehead atoms. The molecular weight excluding hydrogens is 344 g/mol. The van der Waals surface area contributed by atoms with Crippen molar-refractivity contribution in [2.75, 3.05) is 11.5 Å². The zero-order chi connectivity index (χ0) is 19.4. The Morgan fingerprint density at radius 3 is 2.59 bits per heavy atom. The highest BCUT2D eigenvalue weighted by Gasteiger charge is 2.26. The van der Waals surface area contributed by atoms with Crippen LogP contribution in [0.25, 0.3) is 0 Å². The lowest BCUT2D eigenvalue weighted by Crippen LogP contribution is -2.38. The number of amides is 2. The molecule has 1 heterocycles. The number of hydrogen-bond donors (Lipinski definition) is 1. The van der Waals surface area contributed by atoms with Crippen LogP contribution in [0.2, 0.25) is 0 Å². The highest BCUT2D eigenvalue weighted by molar-refractivity contribution is 5.97. The molecule has 0 unspecified atom stereocenters. The third-order valence-corrected chi connectivity index (χ3v) is 3.99. The van der Waals surface area contributed by atoms with E-state index >= 15 is 0 Å². The summed E-state index contributed by atoms with van der Waals surface area (Å²) in [5.41, 5.74) is 2.11. The molecule has 0 saturated carbocycles. The number of nitrogens with one attached hydrogen (secondary N) is 1. The zero-order valence-electron chi connectivity index (χ0n) is 15.8. The largest absolute Gasteiger partial charge is 0.482 e. The van der Waals surface area contributed by atoms with Gasteiger partial charge in [-0.1, -0.05) is 36.4 Å². The normalized spacial score (nSPS) is 13.6. The lowest BCUT2D eigenvalue weighted by atomic mass is 10.1. The van der Waals surface area contributed by atoms with Crippen LogP contribution >= 0.6 is 0 Å². The van der Waals surface area contributed by atoms with Gasteiger partial charge in [0.1, 0.15) is 11.4 Å². The second-order valence-corrected chi connectivity index (χ2v) is 7.41. The highest BCUT2D eigenvalue weighted by atomic mass is 16.6. The van der Waals surface area contributed by atoms with E-state index in [0.29, 0.717) is 18.8 Å². The summed E-state index contributed by atoms with van der Waals surface area (Å²) in [4.78, 5) is 25.8. The Kier molecular flexibility index (Phi) is 5.35. The van der Waals surface area contributed by atoms with Crippen molar-refractivity contribution in [3.8, 4) is 5.75 Å². The van der Waals surface area contributed by atoms with Gasteiger partial charge in [0.15, 0.2) is 6.61 Å². The fourth-order valence-corrected chi connectivity index (χ4v) is 2.79. The molecule has 2 aromatic carbocycles. The van der Waals surface area contributed by atoms with E-state index < -0.39 is 11.7 Å². The molecule has 0 spiro atoms. The first-order chi connectivity index (χ1) is 12.8. The quantitative estimate of drug-likeness (QED) is 0.895. The van der Waals surface area contributed by atoms with Gasteiger partial charge < -0.3 is 19.7 Å². The average Bonchev–Trinajstić information content (AvgIpc) is 2.62. The summed E-state index contributed by atoms with van der Waals surface area (Å²) in [6.45, 7) is 6.26. The minimum atomic E-state index is -0.540. The Morgan fingerprint density at radius 1 is 1.15 bits per heavy atom. The molecule has 2 amide bonds. The van der Waals surface area contributed by atoms with Crippen LogP contribution in [-0.4, -0.2) is 24.2 Å². The Hall–Kier alpha value is -3.02. The van der Waals surface area contributed by atoms with E-state index in [1.165, 1.54) is 0 Å². The van der Waals surface area contributed by atoms with Crippen molar-refractivity contribution in [3.63, 3.8) is 0 Å². The number of fused-ring (bicyclic) bond motifs is 1. The number of carbonyl (C=O) groups excluding carboxylic acids is 2. The monoisotopic (exact) mass is 368 g/mol.